The lowest BCUT2D eigenvalue weighted by atomic mass is 9.98. The smallest absolute Gasteiger partial charge is 0.305 e. The molecule has 49 heavy (non-hydrogen) atoms. The lowest BCUT2D eigenvalue weighted by molar-refractivity contribution is -0.150. The van der Waals surface area contributed by atoms with Crippen LogP contribution < -0.4 is 27.4 Å². The Balaban J connectivity index is 2.58. The summed E-state index contributed by atoms with van der Waals surface area (Å²) < 4.78 is 0. The van der Waals surface area contributed by atoms with Crippen LogP contribution in [0.2, 0.25) is 0 Å². The van der Waals surface area contributed by atoms with Crippen molar-refractivity contribution in [3.8, 4) is 0 Å². The van der Waals surface area contributed by atoms with E-state index < -0.39 is 85.1 Å². The van der Waals surface area contributed by atoms with Crippen molar-refractivity contribution in [2.75, 3.05) is 40.8 Å². The summed E-state index contributed by atoms with van der Waals surface area (Å²) in [6.45, 7) is 2.73. The van der Waals surface area contributed by atoms with E-state index >= 15 is 0 Å². The molecule has 8 N–H and O–H groups in total. The van der Waals surface area contributed by atoms with Gasteiger partial charge in [-0.2, -0.15) is 0 Å². The molecular weight excluding hydrogens is 638 g/mol. The molecule has 17 heteroatoms. The predicted molar refractivity (Wildman–Crippen MR) is 179 cm³/mol. The number of carbonyl (C=O) groups is 7. The highest BCUT2D eigenvalue weighted by atomic mass is 16.4. The van der Waals surface area contributed by atoms with Crippen molar-refractivity contribution < 1.29 is 38.7 Å². The molecule has 270 valence electrons. The van der Waals surface area contributed by atoms with Gasteiger partial charge < -0.3 is 47.2 Å². The van der Waals surface area contributed by atoms with Crippen LogP contribution in [-0.4, -0.2) is 132 Å². The number of rotatable bonds is 10. The number of likely N-dealkylation sites (N-methyl/N-ethyl adjacent to an activating group) is 3. The Morgan fingerprint density at radius 2 is 1.47 bits per heavy atom. The van der Waals surface area contributed by atoms with Crippen molar-refractivity contribution in [2.24, 2.45) is 22.4 Å². The normalized spacial score (nSPS) is 22.2. The van der Waals surface area contributed by atoms with Gasteiger partial charge in [-0.3, -0.25) is 38.6 Å². The molecule has 0 spiro atoms. The lowest BCUT2D eigenvalue weighted by Crippen LogP contribution is -2.60. The second-order valence-electron chi connectivity index (χ2n) is 12.4. The number of nitrogens with two attached hydrogens (primary N) is 2. The maximum Gasteiger partial charge on any atom is 0.305 e. The minimum Gasteiger partial charge on any atom is -0.481 e. The summed E-state index contributed by atoms with van der Waals surface area (Å²) in [6.07, 6.45) is -0.224. The topological polar surface area (TPSA) is 250 Å². The van der Waals surface area contributed by atoms with Crippen LogP contribution in [0.4, 0.5) is 0 Å². The van der Waals surface area contributed by atoms with Crippen LogP contribution in [0.3, 0.4) is 0 Å². The molecule has 1 fully saturated rings. The van der Waals surface area contributed by atoms with Gasteiger partial charge in [0.15, 0.2) is 5.96 Å². The molecule has 4 atom stereocenters. The third-order valence-electron chi connectivity index (χ3n) is 8.13. The highest BCUT2D eigenvalue weighted by Crippen LogP contribution is 2.18. The van der Waals surface area contributed by atoms with Crippen molar-refractivity contribution in [1.82, 2.24) is 30.7 Å². The molecule has 0 aliphatic carbocycles. The van der Waals surface area contributed by atoms with Gasteiger partial charge in [-0.1, -0.05) is 44.2 Å². The first kappa shape index (κ1) is 40.0. The van der Waals surface area contributed by atoms with Crippen LogP contribution >= 0.6 is 0 Å². The van der Waals surface area contributed by atoms with E-state index in [1.807, 2.05) is 13.8 Å². The van der Waals surface area contributed by atoms with E-state index in [9.17, 15) is 38.7 Å². The molecule has 17 nitrogen and oxygen atoms in total. The predicted octanol–water partition coefficient (Wildman–Crippen LogP) is -1.98. The molecule has 1 heterocycles. The zero-order chi connectivity index (χ0) is 36.8. The number of hydrogen-bond acceptors (Lipinski definition) is 8. The number of nitrogens with zero attached hydrogens (tertiary/aromatic N) is 4. The fraction of sp³-hybridized carbons (Fsp3) is 0.562. The number of carbonyl (C=O) groups excluding carboxylic acids is 6. The molecule has 0 saturated carbocycles. The van der Waals surface area contributed by atoms with E-state index in [1.54, 1.807) is 30.3 Å². The van der Waals surface area contributed by atoms with Gasteiger partial charge in [0.25, 0.3) is 0 Å². The Hall–Kier alpha value is -5.22. The third kappa shape index (κ3) is 12.4. The van der Waals surface area contributed by atoms with Gasteiger partial charge in [0.2, 0.25) is 35.4 Å². The van der Waals surface area contributed by atoms with Gasteiger partial charge in [-0.05, 0) is 30.7 Å². The number of hydrogen-bond donors (Lipinski definition) is 6. The lowest BCUT2D eigenvalue weighted by Gasteiger charge is -2.36. The molecule has 6 amide bonds. The van der Waals surface area contributed by atoms with Gasteiger partial charge in [0.1, 0.15) is 24.2 Å². The van der Waals surface area contributed by atoms with Crippen molar-refractivity contribution in [2.45, 2.75) is 70.1 Å². The Morgan fingerprint density at radius 1 is 0.878 bits per heavy atom. The number of aliphatic imine (C=N–C) groups is 1. The zero-order valence-corrected chi connectivity index (χ0v) is 28.7. The summed E-state index contributed by atoms with van der Waals surface area (Å²) in [4.78, 5) is 100. The van der Waals surface area contributed by atoms with Gasteiger partial charge in [-0.15, -0.1) is 0 Å². The second kappa shape index (κ2) is 18.9. The van der Waals surface area contributed by atoms with E-state index in [4.69, 9.17) is 11.5 Å². The molecule has 1 aliphatic heterocycles. The minimum atomic E-state index is -1.60. The Labute approximate surface area is 285 Å². The first-order chi connectivity index (χ1) is 23.0. The zero-order valence-electron chi connectivity index (χ0n) is 28.7. The van der Waals surface area contributed by atoms with Crippen molar-refractivity contribution >= 4 is 47.4 Å². The summed E-state index contributed by atoms with van der Waals surface area (Å²) in [5.74, 6) is -5.91. The molecule has 2 rings (SSSR count). The molecular formula is C32H49N9O8. The summed E-state index contributed by atoms with van der Waals surface area (Å²) >= 11 is 0. The molecule has 0 radical (unpaired) electrons. The molecule has 0 bridgehead atoms. The van der Waals surface area contributed by atoms with Crippen molar-refractivity contribution in [1.29, 1.82) is 0 Å². The van der Waals surface area contributed by atoms with Crippen LogP contribution in [0.15, 0.2) is 35.3 Å². The van der Waals surface area contributed by atoms with Crippen LogP contribution in [0.1, 0.15) is 45.1 Å². The van der Waals surface area contributed by atoms with Gasteiger partial charge in [0, 0.05) is 34.1 Å². The largest absolute Gasteiger partial charge is 0.481 e. The molecule has 0 unspecified atom stereocenters. The van der Waals surface area contributed by atoms with Crippen LogP contribution in [0, 0.1) is 5.92 Å². The first-order valence-corrected chi connectivity index (χ1v) is 16.0. The summed E-state index contributed by atoms with van der Waals surface area (Å²) in [5, 5.41) is 17.0. The number of carboxylic acids is 1. The second-order valence-corrected chi connectivity index (χ2v) is 12.4. The summed E-state index contributed by atoms with van der Waals surface area (Å²) in [5.41, 5.74) is 11.4. The highest BCUT2D eigenvalue weighted by Gasteiger charge is 2.38. The monoisotopic (exact) mass is 687 g/mol. The summed E-state index contributed by atoms with van der Waals surface area (Å²) in [7, 11) is 4.11. The average molecular weight is 688 g/mol. The maximum atomic E-state index is 14.2. The van der Waals surface area contributed by atoms with E-state index in [-0.39, 0.29) is 44.1 Å². The third-order valence-corrected chi connectivity index (χ3v) is 8.13. The number of benzene rings is 1. The Bertz CT molecular complexity index is 1380. The van der Waals surface area contributed by atoms with Gasteiger partial charge in [-0.25, -0.2) is 0 Å². The molecule has 0 aromatic heterocycles. The Kier molecular flexibility index (Phi) is 15.4. The van der Waals surface area contributed by atoms with Gasteiger partial charge in [0.05, 0.1) is 19.5 Å². The number of carboxylic acid groups (broad SMARTS) is 1. The van der Waals surface area contributed by atoms with Crippen LogP contribution in [-0.2, 0) is 40.0 Å². The highest BCUT2D eigenvalue weighted by molar-refractivity contribution is 5.97. The van der Waals surface area contributed by atoms with Crippen LogP contribution in [0.5, 0.6) is 0 Å². The fourth-order valence-electron chi connectivity index (χ4n) is 5.38. The number of nitrogens with one attached hydrogen (secondary N) is 3. The fourth-order valence-corrected chi connectivity index (χ4v) is 5.38. The number of guanidine groups is 1. The molecule has 1 aromatic carbocycles. The molecule has 1 aromatic rings. The number of aliphatic carboxylic acids is 1. The summed E-state index contributed by atoms with van der Waals surface area (Å²) in [6, 6.07) is 3.83. The van der Waals surface area contributed by atoms with E-state index in [1.165, 1.54) is 26.0 Å². The minimum absolute atomic E-state index is 0.0138. The quantitative estimate of drug-likeness (QED) is 0.0898. The van der Waals surface area contributed by atoms with E-state index in [0.717, 1.165) is 9.80 Å². The maximum absolute atomic E-state index is 14.2. The van der Waals surface area contributed by atoms with Crippen LogP contribution in [0.25, 0.3) is 0 Å². The number of amides is 6. The van der Waals surface area contributed by atoms with Crippen molar-refractivity contribution in [3.05, 3.63) is 35.9 Å². The standard InChI is InChI=1S/C32H49N9O8/c1-19(2)14-23-29(47)37-18-26(43)39(3)22(12-9-13-35-32(33)34)28(46)36-17-25(42)38-21(16-27(44)45)30(48)41(5)24(31(49)40(23)4)15-20-10-7-6-8-11-20/h6-8,10-11,19,21-24H,9,12-18H2,1-5H3,(H,36,46)(H,37,47)(H,38,42)(H,44,45)(H4,33,34,35)/t21-,22-,23-,24+/m0/s1. The molecule has 1 saturated heterocycles. The average Bonchev–Trinajstić information content (AvgIpc) is 3.05. The SMILES string of the molecule is CC(C)C[C@H]1C(=O)NCC(=O)N(C)[C@@H](CCCN=C(N)N)C(=O)NCC(=O)N[C@@H](CC(=O)O)C(=O)N(C)[C@H](Cc2ccccc2)C(=O)N1C. The Morgan fingerprint density at radius 3 is 2.06 bits per heavy atom. The van der Waals surface area contributed by atoms with Crippen molar-refractivity contribution in [3.63, 3.8) is 0 Å². The van der Waals surface area contributed by atoms with Gasteiger partial charge >= 0.3 is 5.97 Å². The first-order valence-electron chi connectivity index (χ1n) is 16.0. The van der Waals surface area contributed by atoms with E-state index in [2.05, 4.69) is 20.9 Å². The van der Waals surface area contributed by atoms with E-state index in [0.29, 0.717) is 5.56 Å². The molecule has 1 aliphatic rings.